The smallest absolute Gasteiger partial charge is 0.315 e. The predicted molar refractivity (Wildman–Crippen MR) is 154 cm³/mol. The molecule has 1 heterocycles. The van der Waals surface area contributed by atoms with E-state index in [1.165, 1.54) is 0 Å². The molecule has 6 aliphatic rings. The van der Waals surface area contributed by atoms with Crippen molar-refractivity contribution >= 4 is 27.3 Å². The summed E-state index contributed by atoms with van der Waals surface area (Å²) < 4.78 is 71.3. The Kier molecular flexibility index (Phi) is 6.30. The third-order valence-electron chi connectivity index (χ3n) is 10.3. The lowest BCUT2D eigenvalue weighted by atomic mass is 9.41. The van der Waals surface area contributed by atoms with E-state index in [1.54, 1.807) is 12.1 Å². The van der Waals surface area contributed by atoms with Crippen molar-refractivity contribution in [2.24, 2.45) is 10.8 Å². The number of nitrogens with zero attached hydrogens (tertiary/aromatic N) is 3. The van der Waals surface area contributed by atoms with E-state index in [2.05, 4.69) is 14.9 Å². The average molecular weight is 615 g/mol. The molecule has 6 fully saturated rings. The summed E-state index contributed by atoms with van der Waals surface area (Å²) in [4.78, 5) is 20.0. The summed E-state index contributed by atoms with van der Waals surface area (Å²) in [6.07, 6.45) is 3.66. The number of hydrogen-bond donors (Lipinski definition) is 1. The van der Waals surface area contributed by atoms with Crippen molar-refractivity contribution in [3.8, 4) is 11.1 Å². The van der Waals surface area contributed by atoms with E-state index < -0.39 is 33.4 Å². The van der Waals surface area contributed by atoms with Crippen molar-refractivity contribution in [3.05, 3.63) is 60.2 Å². The molecule has 0 radical (unpaired) electrons. The maximum absolute atomic E-state index is 14.5. The second-order valence-electron chi connectivity index (χ2n) is 13.4. The summed E-state index contributed by atoms with van der Waals surface area (Å²) in [6.45, 7) is 0.498. The molecule has 6 aliphatic carbocycles. The van der Waals surface area contributed by atoms with Crippen molar-refractivity contribution in [1.29, 1.82) is 0 Å². The molecule has 12 heteroatoms. The Hall–Kier alpha value is -3.41. The van der Waals surface area contributed by atoms with Gasteiger partial charge in [0.1, 0.15) is 5.67 Å². The topological polar surface area (TPSA) is 105 Å². The van der Waals surface area contributed by atoms with Crippen LogP contribution in [0.3, 0.4) is 0 Å². The minimum absolute atomic E-state index is 0.0339. The second-order valence-corrected chi connectivity index (χ2v) is 15.1. The van der Waals surface area contributed by atoms with Crippen LogP contribution >= 0.6 is 0 Å². The van der Waals surface area contributed by atoms with Gasteiger partial charge in [-0.2, -0.15) is 13.8 Å². The number of nitrogens with one attached hydrogen (secondary N) is 1. The average Bonchev–Trinajstić information content (AvgIpc) is 3.46. The van der Waals surface area contributed by atoms with Crippen LogP contribution in [0.2, 0.25) is 0 Å². The molecule has 2 aromatic carbocycles. The zero-order chi connectivity index (χ0) is 30.3. The lowest BCUT2D eigenvalue weighted by Gasteiger charge is -2.65. The molecule has 4 bridgehead atoms. The van der Waals surface area contributed by atoms with Crippen LogP contribution in [0.5, 0.6) is 0 Å². The van der Waals surface area contributed by atoms with E-state index in [4.69, 9.17) is 4.52 Å². The highest BCUT2D eigenvalue weighted by Crippen LogP contribution is 2.70. The molecule has 0 saturated heterocycles. The number of alkyl halides is 3. The molecule has 1 aromatic heterocycles. The minimum atomic E-state index is -3.40. The number of fused-ring (bicyclic) bond motifs is 3. The quantitative estimate of drug-likeness (QED) is 0.293. The Bertz CT molecular complexity index is 1650. The monoisotopic (exact) mass is 614 g/mol. The fourth-order valence-electron chi connectivity index (χ4n) is 7.97. The SMILES string of the molecule is CS(=O)(=O)Nc1ccc(-c2cccc(N(CC34CCC(c5noc(C(F)F)n5)(CC3)CC4)C(=O)C34CC(F)(C3)C4)c2)cc1. The normalized spacial score (nSPS) is 30.9. The van der Waals surface area contributed by atoms with Gasteiger partial charge in [0.15, 0.2) is 5.82 Å². The van der Waals surface area contributed by atoms with Crippen LogP contribution in [0.25, 0.3) is 11.1 Å². The Morgan fingerprint density at radius 3 is 2.21 bits per heavy atom. The van der Waals surface area contributed by atoms with Gasteiger partial charge in [0.25, 0.3) is 5.89 Å². The molecule has 1 amide bonds. The van der Waals surface area contributed by atoms with Crippen LogP contribution in [0, 0.1) is 10.8 Å². The Labute approximate surface area is 248 Å². The van der Waals surface area contributed by atoms with Crippen molar-refractivity contribution in [1.82, 2.24) is 10.1 Å². The Morgan fingerprint density at radius 1 is 1.00 bits per heavy atom. The molecule has 43 heavy (non-hydrogen) atoms. The maximum Gasteiger partial charge on any atom is 0.315 e. The molecule has 9 rings (SSSR count). The van der Waals surface area contributed by atoms with E-state index in [1.807, 2.05) is 41.3 Å². The molecule has 0 unspecified atom stereocenters. The first-order chi connectivity index (χ1) is 20.3. The van der Waals surface area contributed by atoms with Crippen molar-refractivity contribution in [3.63, 3.8) is 0 Å². The molecule has 0 spiro atoms. The molecular formula is C31H33F3N4O4S. The summed E-state index contributed by atoms with van der Waals surface area (Å²) in [5.74, 6) is -0.320. The summed E-state index contributed by atoms with van der Waals surface area (Å²) in [5.41, 5.74) is 0.538. The fraction of sp³-hybridized carbons (Fsp3) is 0.516. The van der Waals surface area contributed by atoms with Gasteiger partial charge in [-0.05, 0) is 98.6 Å². The standard InChI is InChI=1S/C31H33F3N4O4S/c1-43(40,41)37-22-7-5-20(6-8-22)21-3-2-4-23(15-21)38(27(39)30-16-31(34,17-30)18-30)19-28-9-12-29(13-10-28,14-11-28)26-35-25(24(32)33)42-36-26/h2-8,15,24,37H,9-14,16-19H2,1H3. The number of amides is 1. The number of hydrogen-bond acceptors (Lipinski definition) is 6. The van der Waals surface area contributed by atoms with Gasteiger partial charge in [-0.1, -0.05) is 29.4 Å². The van der Waals surface area contributed by atoms with Gasteiger partial charge >= 0.3 is 6.43 Å². The first kappa shape index (κ1) is 28.4. The van der Waals surface area contributed by atoms with Crippen LogP contribution < -0.4 is 9.62 Å². The Balaban J connectivity index is 1.15. The van der Waals surface area contributed by atoms with E-state index in [0.717, 1.165) is 61.6 Å². The highest BCUT2D eigenvalue weighted by atomic mass is 32.2. The second kappa shape index (κ2) is 9.54. The van der Waals surface area contributed by atoms with Gasteiger partial charge in [0, 0.05) is 23.3 Å². The minimum Gasteiger partial charge on any atom is -0.333 e. The number of carbonyl (C=O) groups is 1. The molecule has 8 nitrogen and oxygen atoms in total. The van der Waals surface area contributed by atoms with Gasteiger partial charge in [-0.15, -0.1) is 0 Å². The van der Waals surface area contributed by atoms with Gasteiger partial charge in [0.2, 0.25) is 15.9 Å². The molecule has 6 saturated carbocycles. The van der Waals surface area contributed by atoms with E-state index in [0.29, 0.717) is 18.1 Å². The molecule has 0 aliphatic heterocycles. The van der Waals surface area contributed by atoms with Crippen LogP contribution in [0.1, 0.15) is 75.9 Å². The maximum atomic E-state index is 14.5. The molecule has 0 atom stereocenters. The van der Waals surface area contributed by atoms with E-state index >= 15 is 0 Å². The highest BCUT2D eigenvalue weighted by molar-refractivity contribution is 7.92. The first-order valence-corrected chi connectivity index (χ1v) is 16.5. The van der Waals surface area contributed by atoms with Crippen molar-refractivity contribution in [2.45, 2.75) is 75.3 Å². The first-order valence-electron chi connectivity index (χ1n) is 14.6. The lowest BCUT2D eigenvalue weighted by Crippen LogP contribution is -2.71. The number of benzene rings is 2. The summed E-state index contributed by atoms with van der Waals surface area (Å²) in [5, 5.41) is 3.91. The number of sulfonamides is 1. The lowest BCUT2D eigenvalue weighted by molar-refractivity contribution is -0.211. The zero-order valence-corrected chi connectivity index (χ0v) is 24.6. The van der Waals surface area contributed by atoms with Crippen LogP contribution in [0.15, 0.2) is 53.1 Å². The van der Waals surface area contributed by atoms with E-state index in [9.17, 15) is 26.4 Å². The number of aromatic nitrogens is 2. The van der Waals surface area contributed by atoms with Crippen molar-refractivity contribution < 1.29 is 30.9 Å². The largest absolute Gasteiger partial charge is 0.333 e. The van der Waals surface area contributed by atoms with Gasteiger partial charge in [0.05, 0.1) is 11.7 Å². The fourth-order valence-corrected chi connectivity index (χ4v) is 8.53. The number of anilines is 2. The van der Waals surface area contributed by atoms with Crippen LogP contribution in [-0.2, 0) is 20.2 Å². The number of carbonyl (C=O) groups excluding carboxylic acids is 1. The van der Waals surface area contributed by atoms with E-state index in [-0.39, 0.29) is 36.0 Å². The summed E-state index contributed by atoms with van der Waals surface area (Å²) in [6, 6.07) is 14.7. The number of rotatable bonds is 9. The predicted octanol–water partition coefficient (Wildman–Crippen LogP) is 6.56. The van der Waals surface area contributed by atoms with Gasteiger partial charge in [-0.3, -0.25) is 9.52 Å². The third-order valence-corrected chi connectivity index (χ3v) is 10.9. The molecule has 1 N–H and O–H groups in total. The zero-order valence-electron chi connectivity index (χ0n) is 23.8. The summed E-state index contributed by atoms with van der Waals surface area (Å²) >= 11 is 0. The highest BCUT2D eigenvalue weighted by Gasteiger charge is 2.73. The molecule has 228 valence electrons. The van der Waals surface area contributed by atoms with Crippen LogP contribution in [-0.4, -0.2) is 42.9 Å². The summed E-state index contributed by atoms with van der Waals surface area (Å²) in [7, 11) is -3.40. The van der Waals surface area contributed by atoms with Gasteiger partial charge in [-0.25, -0.2) is 12.8 Å². The van der Waals surface area contributed by atoms with Crippen LogP contribution in [0.4, 0.5) is 24.5 Å². The molecular weight excluding hydrogens is 581 g/mol. The third kappa shape index (κ3) is 4.91. The Morgan fingerprint density at radius 2 is 1.65 bits per heavy atom. The number of halogens is 3. The van der Waals surface area contributed by atoms with Crippen molar-refractivity contribution in [2.75, 3.05) is 22.4 Å². The molecule has 3 aromatic rings. The van der Waals surface area contributed by atoms with Gasteiger partial charge < -0.3 is 9.42 Å².